The second-order valence-electron chi connectivity index (χ2n) is 6.87. The minimum absolute atomic E-state index is 0. The summed E-state index contributed by atoms with van der Waals surface area (Å²) >= 11 is 0. The largest absolute Gasteiger partial charge is 0.493 e. The second kappa shape index (κ2) is 10.4. The fraction of sp³-hybridized carbons (Fsp3) is 0.381. The molecular formula is C21H26ClFN2O4. The summed E-state index contributed by atoms with van der Waals surface area (Å²) in [6.07, 6.45) is 1.49. The fourth-order valence-corrected chi connectivity index (χ4v) is 3.15. The number of carbonyl (C=O) groups excluding carboxylic acids is 1. The highest BCUT2D eigenvalue weighted by atomic mass is 35.5. The predicted molar refractivity (Wildman–Crippen MR) is 112 cm³/mol. The topological polar surface area (TPSA) is 82.8 Å². The Balaban J connectivity index is 0.00000300. The molecule has 0 saturated carbocycles. The molecule has 0 aliphatic carbocycles. The van der Waals surface area contributed by atoms with E-state index in [9.17, 15) is 9.18 Å². The van der Waals surface area contributed by atoms with Crippen molar-refractivity contribution in [3.8, 4) is 17.2 Å². The summed E-state index contributed by atoms with van der Waals surface area (Å²) in [6.45, 7) is 3.14. The number of hydrogen-bond donors (Lipinski definition) is 2. The summed E-state index contributed by atoms with van der Waals surface area (Å²) in [4.78, 5) is 12.4. The summed E-state index contributed by atoms with van der Waals surface area (Å²) < 4.78 is 30.7. The van der Waals surface area contributed by atoms with Gasteiger partial charge in [0.05, 0.1) is 13.2 Å². The Labute approximate surface area is 175 Å². The number of amides is 1. The van der Waals surface area contributed by atoms with Crippen molar-refractivity contribution in [2.24, 2.45) is 11.7 Å². The third-order valence-corrected chi connectivity index (χ3v) is 4.82. The molecular weight excluding hydrogens is 399 g/mol. The molecule has 6 nitrogen and oxygen atoms in total. The molecule has 1 saturated heterocycles. The highest BCUT2D eigenvalue weighted by Crippen LogP contribution is 2.34. The summed E-state index contributed by atoms with van der Waals surface area (Å²) in [5.41, 5.74) is 7.38. The zero-order valence-electron chi connectivity index (χ0n) is 16.4. The number of nitrogens with two attached hydrogens (primary N) is 1. The van der Waals surface area contributed by atoms with E-state index < -0.39 is 11.9 Å². The van der Waals surface area contributed by atoms with E-state index in [0.29, 0.717) is 30.4 Å². The van der Waals surface area contributed by atoms with Crippen molar-refractivity contribution >= 4 is 24.0 Å². The Morgan fingerprint density at radius 2 is 1.86 bits per heavy atom. The Morgan fingerprint density at radius 1 is 1.17 bits per heavy atom. The van der Waals surface area contributed by atoms with Crippen molar-refractivity contribution in [2.75, 3.05) is 25.6 Å². The van der Waals surface area contributed by atoms with Gasteiger partial charge in [0.1, 0.15) is 0 Å². The zero-order chi connectivity index (χ0) is 20.1. The van der Waals surface area contributed by atoms with Crippen LogP contribution in [-0.2, 0) is 9.53 Å². The van der Waals surface area contributed by atoms with Gasteiger partial charge in [0.2, 0.25) is 5.91 Å². The van der Waals surface area contributed by atoms with Crippen LogP contribution in [0.2, 0.25) is 0 Å². The van der Waals surface area contributed by atoms with Crippen LogP contribution in [0.4, 0.5) is 10.1 Å². The SMILES string of the molecule is COc1cc(C)ccc1Oc1ccc(NC(=O)C(N)C2CCOCC2)cc1F.Cl. The van der Waals surface area contributed by atoms with Gasteiger partial charge in [0.25, 0.3) is 0 Å². The molecule has 1 atom stereocenters. The molecule has 158 valence electrons. The van der Waals surface area contributed by atoms with Crippen molar-refractivity contribution in [2.45, 2.75) is 25.8 Å². The van der Waals surface area contributed by atoms with Crippen LogP contribution < -0.4 is 20.5 Å². The average Bonchev–Trinajstić information content (AvgIpc) is 2.71. The van der Waals surface area contributed by atoms with E-state index in [1.165, 1.54) is 19.2 Å². The molecule has 0 aromatic heterocycles. The van der Waals surface area contributed by atoms with Gasteiger partial charge in [-0.2, -0.15) is 0 Å². The average molecular weight is 425 g/mol. The summed E-state index contributed by atoms with van der Waals surface area (Å²) in [5, 5.41) is 2.68. The first-order valence-corrected chi connectivity index (χ1v) is 9.24. The molecule has 8 heteroatoms. The number of hydrogen-bond acceptors (Lipinski definition) is 5. The lowest BCUT2D eigenvalue weighted by atomic mass is 9.92. The first-order valence-electron chi connectivity index (χ1n) is 9.24. The zero-order valence-corrected chi connectivity index (χ0v) is 17.3. The smallest absolute Gasteiger partial charge is 0.241 e. The molecule has 29 heavy (non-hydrogen) atoms. The first-order chi connectivity index (χ1) is 13.5. The van der Waals surface area contributed by atoms with Gasteiger partial charge in [0, 0.05) is 25.0 Å². The molecule has 2 aromatic carbocycles. The summed E-state index contributed by atoms with van der Waals surface area (Å²) in [6, 6.07) is 8.97. The molecule has 1 aliphatic rings. The van der Waals surface area contributed by atoms with Crippen LogP contribution in [0, 0.1) is 18.7 Å². The third kappa shape index (κ3) is 5.82. The van der Waals surface area contributed by atoms with E-state index in [2.05, 4.69) is 5.32 Å². The van der Waals surface area contributed by atoms with Gasteiger partial charge in [-0.1, -0.05) is 6.07 Å². The maximum atomic E-state index is 14.5. The van der Waals surface area contributed by atoms with Gasteiger partial charge >= 0.3 is 0 Å². The molecule has 1 unspecified atom stereocenters. The van der Waals surface area contributed by atoms with E-state index in [1.54, 1.807) is 18.2 Å². The maximum absolute atomic E-state index is 14.5. The van der Waals surface area contributed by atoms with E-state index in [4.69, 9.17) is 19.9 Å². The molecule has 0 bridgehead atoms. The first kappa shape index (κ1) is 22.9. The number of carbonyl (C=O) groups is 1. The van der Waals surface area contributed by atoms with Gasteiger partial charge in [0.15, 0.2) is 23.1 Å². The highest BCUT2D eigenvalue weighted by Gasteiger charge is 2.26. The third-order valence-electron chi connectivity index (χ3n) is 4.82. The normalized spacial score (nSPS) is 15.2. The molecule has 1 amide bonds. The molecule has 3 rings (SSSR count). The summed E-state index contributed by atoms with van der Waals surface area (Å²) in [5.74, 6) is 0.0915. The minimum Gasteiger partial charge on any atom is -0.493 e. The van der Waals surface area contributed by atoms with Crippen LogP contribution in [0.1, 0.15) is 18.4 Å². The van der Waals surface area contributed by atoms with E-state index >= 15 is 0 Å². The van der Waals surface area contributed by atoms with E-state index in [1.807, 2.05) is 13.0 Å². The highest BCUT2D eigenvalue weighted by molar-refractivity contribution is 5.95. The molecule has 1 fully saturated rings. The number of rotatable bonds is 6. The predicted octanol–water partition coefficient (Wildman–Crippen LogP) is 4.05. The van der Waals surface area contributed by atoms with Gasteiger partial charge in [-0.25, -0.2) is 4.39 Å². The Kier molecular flexibility index (Phi) is 8.25. The number of anilines is 1. The van der Waals surface area contributed by atoms with Gasteiger partial charge in [-0.3, -0.25) is 4.79 Å². The number of methoxy groups -OCH3 is 1. The van der Waals surface area contributed by atoms with Crippen molar-refractivity contribution in [3.05, 3.63) is 47.8 Å². The molecule has 0 radical (unpaired) electrons. The van der Waals surface area contributed by atoms with Gasteiger partial charge in [-0.05, 0) is 55.5 Å². The minimum atomic E-state index is -0.653. The number of nitrogens with one attached hydrogen (secondary N) is 1. The fourth-order valence-electron chi connectivity index (χ4n) is 3.15. The molecule has 1 heterocycles. The molecule has 2 aromatic rings. The maximum Gasteiger partial charge on any atom is 0.241 e. The Bertz CT molecular complexity index is 843. The van der Waals surface area contributed by atoms with Crippen LogP contribution in [0.5, 0.6) is 17.2 Å². The number of benzene rings is 2. The Hall–Kier alpha value is -2.35. The van der Waals surface area contributed by atoms with Gasteiger partial charge in [-0.15, -0.1) is 12.4 Å². The van der Waals surface area contributed by atoms with Crippen LogP contribution >= 0.6 is 12.4 Å². The summed E-state index contributed by atoms with van der Waals surface area (Å²) in [7, 11) is 1.53. The van der Waals surface area contributed by atoms with Crippen LogP contribution in [-0.4, -0.2) is 32.3 Å². The number of ether oxygens (including phenoxy) is 3. The number of aryl methyl sites for hydroxylation is 1. The molecule has 3 N–H and O–H groups in total. The van der Waals surface area contributed by atoms with Crippen molar-refractivity contribution in [3.63, 3.8) is 0 Å². The molecule has 0 spiro atoms. The standard InChI is InChI=1S/C21H25FN2O4.ClH/c1-13-3-5-18(19(11-13)26-2)28-17-6-4-15(12-16(17)22)24-21(25)20(23)14-7-9-27-10-8-14;/h3-6,11-12,14,20H,7-10,23H2,1-2H3,(H,24,25);1H. The van der Waals surface area contributed by atoms with E-state index in [0.717, 1.165) is 18.4 Å². The monoisotopic (exact) mass is 424 g/mol. The van der Waals surface area contributed by atoms with Crippen LogP contribution in [0.25, 0.3) is 0 Å². The van der Waals surface area contributed by atoms with Gasteiger partial charge < -0.3 is 25.3 Å². The Morgan fingerprint density at radius 3 is 2.52 bits per heavy atom. The van der Waals surface area contributed by atoms with Crippen LogP contribution in [0.3, 0.4) is 0 Å². The van der Waals surface area contributed by atoms with Crippen molar-refractivity contribution < 1.29 is 23.4 Å². The van der Waals surface area contributed by atoms with Crippen LogP contribution in [0.15, 0.2) is 36.4 Å². The van der Waals surface area contributed by atoms with Crippen molar-refractivity contribution in [1.29, 1.82) is 0 Å². The second-order valence-corrected chi connectivity index (χ2v) is 6.87. The molecule has 1 aliphatic heterocycles. The lowest BCUT2D eigenvalue weighted by Crippen LogP contribution is -2.44. The quantitative estimate of drug-likeness (QED) is 0.731. The van der Waals surface area contributed by atoms with E-state index in [-0.39, 0.29) is 30.0 Å². The lowest BCUT2D eigenvalue weighted by molar-refractivity contribution is -0.119. The number of halogens is 2. The lowest BCUT2D eigenvalue weighted by Gasteiger charge is -2.26. The van der Waals surface area contributed by atoms with Crippen molar-refractivity contribution in [1.82, 2.24) is 0 Å².